The predicted molar refractivity (Wildman–Crippen MR) is 102 cm³/mol. The number of hydrogen-bond donors (Lipinski definition) is 0. The summed E-state index contributed by atoms with van der Waals surface area (Å²) in [7, 11) is 0. The van der Waals surface area contributed by atoms with Gasteiger partial charge in [-0.15, -0.1) is 0 Å². The van der Waals surface area contributed by atoms with Crippen LogP contribution < -0.4 is 4.74 Å². The molecule has 2 heteroatoms. The van der Waals surface area contributed by atoms with E-state index in [0.29, 0.717) is 0 Å². The Morgan fingerprint density at radius 3 is 2.36 bits per heavy atom. The third kappa shape index (κ3) is 3.14. The molecule has 0 saturated carbocycles. The molecule has 3 aromatic carbocycles. The number of hydrogen-bond acceptors (Lipinski definition) is 2. The van der Waals surface area contributed by atoms with Gasteiger partial charge >= 0.3 is 0 Å². The maximum Gasteiger partial charge on any atom is 0.202 e. The van der Waals surface area contributed by atoms with E-state index in [0.717, 1.165) is 12.2 Å². The Labute approximate surface area is 149 Å². The van der Waals surface area contributed by atoms with E-state index >= 15 is 0 Å². The quantitative estimate of drug-likeness (QED) is 0.548. The second-order valence-corrected chi connectivity index (χ2v) is 7.23. The zero-order chi connectivity index (χ0) is 17.4. The summed E-state index contributed by atoms with van der Waals surface area (Å²) in [6, 6.07) is 21.2. The predicted octanol–water partition coefficient (Wildman–Crippen LogP) is 5.82. The van der Waals surface area contributed by atoms with Gasteiger partial charge in [0.05, 0.1) is 6.10 Å². The minimum Gasteiger partial charge on any atom is -0.465 e. The fourth-order valence-electron chi connectivity index (χ4n) is 3.55. The van der Waals surface area contributed by atoms with E-state index in [1.807, 2.05) is 12.1 Å². The van der Waals surface area contributed by atoms with Crippen LogP contribution in [-0.4, -0.2) is 6.29 Å². The van der Waals surface area contributed by atoms with Crippen molar-refractivity contribution in [1.82, 2.24) is 0 Å². The van der Waals surface area contributed by atoms with Gasteiger partial charge in [0, 0.05) is 12.3 Å². The highest BCUT2D eigenvalue weighted by atomic mass is 16.7. The molecule has 0 aromatic heterocycles. The van der Waals surface area contributed by atoms with Crippen LogP contribution in [-0.2, 0) is 11.2 Å². The summed E-state index contributed by atoms with van der Waals surface area (Å²) in [4.78, 5) is 0. The third-order valence-corrected chi connectivity index (χ3v) is 4.89. The van der Waals surface area contributed by atoms with Gasteiger partial charge in [-0.25, -0.2) is 0 Å². The monoisotopic (exact) mass is 332 g/mol. The first-order valence-electron chi connectivity index (χ1n) is 9.01. The summed E-state index contributed by atoms with van der Waals surface area (Å²) >= 11 is 0. The molecule has 2 unspecified atom stereocenters. The molecule has 1 aliphatic rings. The lowest BCUT2D eigenvalue weighted by Crippen LogP contribution is -2.28. The molecule has 0 aliphatic heterocycles. The molecule has 0 bridgehead atoms. The van der Waals surface area contributed by atoms with Crippen LogP contribution in [0, 0.1) is 12.8 Å². The topological polar surface area (TPSA) is 18.5 Å². The number of aryl methyl sites for hydroxylation is 1. The Hall–Kier alpha value is -2.32. The highest BCUT2D eigenvalue weighted by molar-refractivity contribution is 5.91. The lowest BCUT2D eigenvalue weighted by molar-refractivity contribution is -0.143. The maximum absolute atomic E-state index is 6.46. The van der Waals surface area contributed by atoms with Crippen LogP contribution in [0.5, 0.6) is 5.75 Å². The minimum atomic E-state index is -0.266. The summed E-state index contributed by atoms with van der Waals surface area (Å²) in [5.74, 6) is 1.13. The van der Waals surface area contributed by atoms with Crippen molar-refractivity contribution >= 4 is 10.8 Å². The molecule has 0 radical (unpaired) electrons. The summed E-state index contributed by atoms with van der Waals surface area (Å²) in [6.45, 7) is 6.36. The van der Waals surface area contributed by atoms with Gasteiger partial charge in [-0.1, -0.05) is 67.9 Å². The van der Waals surface area contributed by atoms with E-state index < -0.39 is 0 Å². The second kappa shape index (κ2) is 6.53. The van der Waals surface area contributed by atoms with E-state index in [2.05, 4.69) is 69.3 Å². The van der Waals surface area contributed by atoms with Crippen LogP contribution in [0.2, 0.25) is 0 Å². The van der Waals surface area contributed by atoms with Gasteiger partial charge in [-0.05, 0) is 41.0 Å². The third-order valence-electron chi connectivity index (χ3n) is 4.89. The Morgan fingerprint density at radius 2 is 1.64 bits per heavy atom. The lowest BCUT2D eigenvalue weighted by Gasteiger charge is -2.26. The molecule has 2 atom stereocenters. The summed E-state index contributed by atoms with van der Waals surface area (Å²) in [5.41, 5.74) is 3.88. The fourth-order valence-corrected chi connectivity index (χ4v) is 3.55. The average molecular weight is 332 g/mol. The first kappa shape index (κ1) is 16.2. The van der Waals surface area contributed by atoms with Crippen molar-refractivity contribution in [2.75, 3.05) is 0 Å². The van der Waals surface area contributed by atoms with Gasteiger partial charge in [0.1, 0.15) is 5.75 Å². The van der Waals surface area contributed by atoms with Crippen molar-refractivity contribution < 1.29 is 9.47 Å². The van der Waals surface area contributed by atoms with E-state index in [9.17, 15) is 0 Å². The molecular weight excluding hydrogens is 308 g/mol. The van der Waals surface area contributed by atoms with Gasteiger partial charge in [0.15, 0.2) is 0 Å². The molecule has 0 heterocycles. The van der Waals surface area contributed by atoms with E-state index in [4.69, 9.17) is 9.47 Å². The van der Waals surface area contributed by atoms with Crippen molar-refractivity contribution in [1.29, 1.82) is 0 Å². The van der Waals surface area contributed by atoms with Gasteiger partial charge in [0.2, 0.25) is 6.29 Å². The zero-order valence-electron chi connectivity index (χ0n) is 15.0. The first-order valence-corrected chi connectivity index (χ1v) is 9.01. The molecular formula is C23H24O2. The summed E-state index contributed by atoms with van der Waals surface area (Å²) < 4.78 is 12.6. The Morgan fingerprint density at radius 1 is 0.920 bits per heavy atom. The van der Waals surface area contributed by atoms with Crippen molar-refractivity contribution in [2.45, 2.75) is 39.6 Å². The Balaban J connectivity index is 1.58. The van der Waals surface area contributed by atoms with Crippen LogP contribution >= 0.6 is 0 Å². The molecule has 1 aliphatic carbocycles. The normalized spacial score (nSPS) is 17.2. The molecule has 0 spiro atoms. The maximum atomic E-state index is 6.46. The number of rotatable bonds is 5. The van der Waals surface area contributed by atoms with Gasteiger partial charge in [0.25, 0.3) is 0 Å². The van der Waals surface area contributed by atoms with Crippen LogP contribution in [0.3, 0.4) is 0 Å². The fraction of sp³-hybridized carbons (Fsp3) is 0.304. The standard InChI is InChI=1S/C23H24O2/c1-15(2)23(24-19-12-10-16(3)11-13-19)25-21-14-18-8-4-6-17-7-5-9-20(21)22(17)18/h4-13,15,21,23H,14H2,1-3H3. The molecule has 3 aromatic rings. The van der Waals surface area contributed by atoms with Gasteiger partial charge < -0.3 is 9.47 Å². The first-order chi connectivity index (χ1) is 12.1. The SMILES string of the molecule is Cc1ccc(OC(OC2Cc3cccc4cccc2c34)C(C)C)cc1. The second-order valence-electron chi connectivity index (χ2n) is 7.23. The van der Waals surface area contributed by atoms with Crippen molar-refractivity contribution in [3.8, 4) is 5.75 Å². The molecule has 0 saturated heterocycles. The molecule has 0 fully saturated rings. The Bertz CT molecular complexity index is 875. The Kier molecular flexibility index (Phi) is 4.22. The number of ether oxygens (including phenoxy) is 2. The van der Waals surface area contributed by atoms with Crippen molar-refractivity contribution in [3.63, 3.8) is 0 Å². The summed E-state index contributed by atoms with van der Waals surface area (Å²) in [5, 5.41) is 2.65. The highest BCUT2D eigenvalue weighted by Crippen LogP contribution is 2.40. The molecule has 0 N–H and O–H groups in total. The molecule has 128 valence electrons. The van der Waals surface area contributed by atoms with Gasteiger partial charge in [-0.2, -0.15) is 0 Å². The van der Waals surface area contributed by atoms with Gasteiger partial charge in [-0.3, -0.25) is 0 Å². The minimum absolute atomic E-state index is 0.0546. The van der Waals surface area contributed by atoms with Crippen molar-refractivity contribution in [2.24, 2.45) is 5.92 Å². The highest BCUT2D eigenvalue weighted by Gasteiger charge is 2.29. The average Bonchev–Trinajstić information content (AvgIpc) is 2.96. The van der Waals surface area contributed by atoms with Crippen LogP contribution in [0.1, 0.15) is 36.6 Å². The molecule has 0 amide bonds. The van der Waals surface area contributed by atoms with Crippen molar-refractivity contribution in [3.05, 3.63) is 77.4 Å². The van der Waals surface area contributed by atoms with Crippen LogP contribution in [0.4, 0.5) is 0 Å². The summed E-state index contributed by atoms with van der Waals surface area (Å²) in [6.07, 6.45) is 0.702. The van der Waals surface area contributed by atoms with E-state index in [-0.39, 0.29) is 18.3 Å². The van der Waals surface area contributed by atoms with Crippen LogP contribution in [0.25, 0.3) is 10.8 Å². The largest absolute Gasteiger partial charge is 0.465 e. The lowest BCUT2D eigenvalue weighted by atomic mass is 10.1. The zero-order valence-corrected chi connectivity index (χ0v) is 15.0. The van der Waals surface area contributed by atoms with E-state index in [1.54, 1.807) is 0 Å². The van der Waals surface area contributed by atoms with Crippen LogP contribution in [0.15, 0.2) is 60.7 Å². The molecule has 2 nitrogen and oxygen atoms in total. The van der Waals surface area contributed by atoms with E-state index in [1.165, 1.54) is 27.5 Å². The number of benzene rings is 3. The smallest absolute Gasteiger partial charge is 0.202 e. The molecule has 25 heavy (non-hydrogen) atoms. The molecule has 4 rings (SSSR count).